The molecule has 5 unspecified atom stereocenters. The third-order valence-electron chi connectivity index (χ3n) is 8.23. The van der Waals surface area contributed by atoms with Gasteiger partial charge in [0.15, 0.2) is 0 Å². The van der Waals surface area contributed by atoms with Crippen molar-refractivity contribution in [3.05, 3.63) is 64.0 Å². The molecule has 0 aliphatic heterocycles. The number of fused-ring (bicyclic) bond motifs is 2. The lowest BCUT2D eigenvalue weighted by atomic mass is 9.62. The van der Waals surface area contributed by atoms with Gasteiger partial charge in [-0.1, -0.05) is 42.9 Å². The quantitative estimate of drug-likeness (QED) is 0.535. The van der Waals surface area contributed by atoms with Crippen molar-refractivity contribution in [2.45, 2.75) is 64.3 Å². The van der Waals surface area contributed by atoms with Gasteiger partial charge in [-0.15, -0.1) is 0 Å². The highest BCUT2D eigenvalue weighted by Crippen LogP contribution is 2.56. The minimum absolute atomic E-state index is 0.272. The van der Waals surface area contributed by atoms with E-state index >= 15 is 0 Å². The van der Waals surface area contributed by atoms with Crippen LogP contribution < -0.4 is 0 Å². The van der Waals surface area contributed by atoms with Gasteiger partial charge >= 0.3 is 0 Å². The van der Waals surface area contributed by atoms with Crippen LogP contribution in [0, 0.1) is 34.8 Å². The topological polar surface area (TPSA) is 26.3 Å². The van der Waals surface area contributed by atoms with Crippen molar-refractivity contribution in [1.82, 2.24) is 5.06 Å². The average molecular weight is 377 g/mol. The molecule has 0 aromatic heterocycles. The SMILES string of the molecule is CC1=CC/C(=C/C2CCC3C(C4CC4)C2CCCC3N(C)[O-])C=C1C1=CC=C1. The van der Waals surface area contributed by atoms with E-state index in [1.807, 2.05) is 0 Å². The fourth-order valence-electron chi connectivity index (χ4n) is 6.68. The number of hydrogen-bond acceptors (Lipinski definition) is 2. The molecule has 0 radical (unpaired) electrons. The van der Waals surface area contributed by atoms with Crippen molar-refractivity contribution >= 4 is 0 Å². The summed E-state index contributed by atoms with van der Waals surface area (Å²) in [5.74, 6) is 3.85. The normalized spacial score (nSPS) is 39.2. The Morgan fingerprint density at radius 3 is 2.57 bits per heavy atom. The van der Waals surface area contributed by atoms with E-state index in [1.54, 1.807) is 7.05 Å². The summed E-state index contributed by atoms with van der Waals surface area (Å²) < 4.78 is 0. The smallest absolute Gasteiger partial charge is 0.000348 e. The van der Waals surface area contributed by atoms with Crippen LogP contribution >= 0.6 is 0 Å². The number of hydrogen-bond donors (Lipinski definition) is 0. The maximum atomic E-state index is 12.3. The van der Waals surface area contributed by atoms with E-state index in [1.165, 1.54) is 65.9 Å². The molecule has 150 valence electrons. The van der Waals surface area contributed by atoms with Crippen LogP contribution in [-0.4, -0.2) is 18.2 Å². The van der Waals surface area contributed by atoms with E-state index in [0.717, 1.165) is 30.6 Å². The van der Waals surface area contributed by atoms with Crippen LogP contribution in [0.2, 0.25) is 0 Å². The van der Waals surface area contributed by atoms with Gasteiger partial charge in [0, 0.05) is 6.04 Å². The number of rotatable bonds is 4. The first kappa shape index (κ1) is 18.6. The second-order valence-electron chi connectivity index (χ2n) is 9.90. The third kappa shape index (κ3) is 3.39. The minimum atomic E-state index is 0.272. The molecular weight excluding hydrogens is 342 g/mol. The molecule has 0 N–H and O–H groups in total. The molecule has 0 heterocycles. The molecule has 5 rings (SSSR count). The molecule has 0 aromatic rings. The van der Waals surface area contributed by atoms with Crippen molar-refractivity contribution in [3.8, 4) is 0 Å². The summed E-state index contributed by atoms with van der Waals surface area (Å²) in [4.78, 5) is 0. The fraction of sp³-hybridized carbons (Fsp3) is 0.615. The summed E-state index contributed by atoms with van der Waals surface area (Å²) in [6.07, 6.45) is 24.2. The zero-order chi connectivity index (χ0) is 19.3. The second-order valence-corrected chi connectivity index (χ2v) is 9.90. The molecule has 0 amide bonds. The minimum Gasteiger partial charge on any atom is -0.785 e. The van der Waals surface area contributed by atoms with E-state index in [2.05, 4.69) is 43.4 Å². The third-order valence-corrected chi connectivity index (χ3v) is 8.23. The molecule has 2 nitrogen and oxygen atoms in total. The summed E-state index contributed by atoms with van der Waals surface area (Å²) in [6.45, 7) is 2.24. The van der Waals surface area contributed by atoms with Gasteiger partial charge < -0.3 is 10.3 Å². The van der Waals surface area contributed by atoms with E-state index in [-0.39, 0.29) is 6.04 Å². The maximum Gasteiger partial charge on any atom is 0.000348 e. The highest BCUT2D eigenvalue weighted by atomic mass is 16.5. The Balaban J connectivity index is 1.41. The first-order chi connectivity index (χ1) is 13.6. The maximum absolute atomic E-state index is 12.3. The van der Waals surface area contributed by atoms with Gasteiger partial charge in [-0.3, -0.25) is 0 Å². The fourth-order valence-corrected chi connectivity index (χ4v) is 6.68. The zero-order valence-electron chi connectivity index (χ0n) is 17.4. The predicted molar refractivity (Wildman–Crippen MR) is 116 cm³/mol. The highest BCUT2D eigenvalue weighted by molar-refractivity contribution is 5.61. The lowest BCUT2D eigenvalue weighted by Crippen LogP contribution is -2.43. The zero-order valence-corrected chi connectivity index (χ0v) is 17.4. The molecule has 28 heavy (non-hydrogen) atoms. The molecule has 3 saturated carbocycles. The predicted octanol–water partition coefficient (Wildman–Crippen LogP) is 6.34. The number of hydroxylamine groups is 2. The van der Waals surface area contributed by atoms with Crippen molar-refractivity contribution in [3.63, 3.8) is 0 Å². The standard InChI is InChI=1S/C26H34NO/c1-17-9-10-18(16-24(17)19-5-3-6-19)15-21-13-14-23-25(27(2)28)8-4-7-22(21)26(23)20-11-12-20/h3,5-6,9,15-16,20-23,25-26H,4,7-8,10-14H2,1-2H3/q-1/b18-15-. The van der Waals surface area contributed by atoms with Gasteiger partial charge in [-0.05, 0) is 111 Å². The van der Waals surface area contributed by atoms with Crippen LogP contribution in [-0.2, 0) is 0 Å². The summed E-state index contributed by atoms with van der Waals surface area (Å²) in [7, 11) is 1.77. The number of nitrogens with zero attached hydrogens (tertiary/aromatic N) is 1. The molecule has 0 saturated heterocycles. The van der Waals surface area contributed by atoms with Gasteiger partial charge in [0.1, 0.15) is 0 Å². The van der Waals surface area contributed by atoms with Crippen molar-refractivity contribution in [2.24, 2.45) is 29.6 Å². The Morgan fingerprint density at radius 1 is 1.07 bits per heavy atom. The number of allylic oxidation sites excluding steroid dienone is 10. The molecular formula is C26H34NO-. The molecule has 3 fully saturated rings. The van der Waals surface area contributed by atoms with Crippen molar-refractivity contribution < 1.29 is 0 Å². The van der Waals surface area contributed by atoms with Crippen LogP contribution in [0.3, 0.4) is 0 Å². The molecule has 5 aliphatic carbocycles. The Bertz CT molecular complexity index is 772. The lowest BCUT2D eigenvalue weighted by molar-refractivity contribution is 0.0567. The Morgan fingerprint density at radius 2 is 1.89 bits per heavy atom. The highest BCUT2D eigenvalue weighted by Gasteiger charge is 2.49. The van der Waals surface area contributed by atoms with Crippen LogP contribution in [0.25, 0.3) is 0 Å². The van der Waals surface area contributed by atoms with Crippen LogP contribution in [0.4, 0.5) is 0 Å². The molecule has 2 heteroatoms. The van der Waals surface area contributed by atoms with Gasteiger partial charge in [0.2, 0.25) is 0 Å². The molecule has 0 aromatic carbocycles. The average Bonchev–Trinajstić information content (AvgIpc) is 3.45. The summed E-state index contributed by atoms with van der Waals surface area (Å²) in [5, 5.41) is 13.6. The largest absolute Gasteiger partial charge is 0.785 e. The summed E-state index contributed by atoms with van der Waals surface area (Å²) in [5.41, 5.74) is 5.74. The molecule has 5 atom stereocenters. The second kappa shape index (κ2) is 7.46. The molecule has 2 bridgehead atoms. The Labute approximate surface area is 170 Å². The first-order valence-electron chi connectivity index (χ1n) is 11.5. The van der Waals surface area contributed by atoms with E-state index < -0.39 is 0 Å². The van der Waals surface area contributed by atoms with Gasteiger partial charge in [0.05, 0.1) is 0 Å². The Kier molecular flexibility index (Phi) is 4.97. The van der Waals surface area contributed by atoms with Gasteiger partial charge in [-0.25, -0.2) is 0 Å². The van der Waals surface area contributed by atoms with E-state index in [0.29, 0.717) is 11.8 Å². The lowest BCUT2D eigenvalue weighted by Gasteiger charge is -2.47. The molecule has 0 spiro atoms. The monoisotopic (exact) mass is 376 g/mol. The summed E-state index contributed by atoms with van der Waals surface area (Å²) in [6, 6.07) is 0.272. The van der Waals surface area contributed by atoms with Crippen LogP contribution in [0.5, 0.6) is 0 Å². The van der Waals surface area contributed by atoms with Gasteiger partial charge in [-0.2, -0.15) is 0 Å². The first-order valence-corrected chi connectivity index (χ1v) is 11.5. The van der Waals surface area contributed by atoms with Crippen LogP contribution in [0.15, 0.2) is 58.7 Å². The van der Waals surface area contributed by atoms with Crippen molar-refractivity contribution in [1.29, 1.82) is 0 Å². The summed E-state index contributed by atoms with van der Waals surface area (Å²) >= 11 is 0. The van der Waals surface area contributed by atoms with E-state index in [4.69, 9.17) is 0 Å². The van der Waals surface area contributed by atoms with Gasteiger partial charge in [0.25, 0.3) is 0 Å². The molecule has 5 aliphatic rings. The Hall–Kier alpha value is -1.38. The van der Waals surface area contributed by atoms with Crippen LogP contribution in [0.1, 0.15) is 58.3 Å². The van der Waals surface area contributed by atoms with E-state index in [9.17, 15) is 5.21 Å². The van der Waals surface area contributed by atoms with Crippen molar-refractivity contribution in [2.75, 3.05) is 7.05 Å².